The highest BCUT2D eigenvalue weighted by Gasteiger charge is 2.61. The molecule has 0 bridgehead atoms. The number of fused-ring (bicyclic) bond motifs is 5. The highest BCUT2D eigenvalue weighted by atomic mass is 16.5. The average molecular weight is 280 g/mol. The summed E-state index contributed by atoms with van der Waals surface area (Å²) in [5, 5.41) is 3.49. The Bertz CT molecular complexity index is 740. The third kappa shape index (κ3) is 1.42. The zero-order valence-corrected chi connectivity index (χ0v) is 12.6. The Morgan fingerprint density at radius 2 is 1.86 bits per heavy atom. The van der Waals surface area contributed by atoms with Crippen LogP contribution >= 0.6 is 0 Å². The van der Waals surface area contributed by atoms with Gasteiger partial charge in [-0.2, -0.15) is 0 Å². The quantitative estimate of drug-likeness (QED) is 0.838. The number of hydrogen-bond donors (Lipinski definition) is 2. The molecular weight excluding hydrogens is 260 g/mol. The SMILES string of the molecule is CC(C)c1ccc2c(c1)[C@]1(C)Oc3ccccc3[C@]1(N)N2. The van der Waals surface area contributed by atoms with Crippen molar-refractivity contribution in [2.75, 3.05) is 5.32 Å². The molecule has 2 heterocycles. The third-order valence-electron chi connectivity index (χ3n) is 4.93. The topological polar surface area (TPSA) is 47.3 Å². The standard InChI is InChI=1S/C18H20N2O/c1-11(2)12-8-9-15-14(10-12)17(3)18(19,20-15)13-6-4-5-7-16(13)21-17/h4-11,20H,19H2,1-3H3/t17-,18-/m0/s1. The number of nitrogens with one attached hydrogen (secondary N) is 1. The van der Waals surface area contributed by atoms with Crippen molar-refractivity contribution < 1.29 is 4.74 Å². The van der Waals surface area contributed by atoms with Gasteiger partial charge in [-0.05, 0) is 36.6 Å². The summed E-state index contributed by atoms with van der Waals surface area (Å²) in [6, 6.07) is 14.5. The van der Waals surface area contributed by atoms with Crippen molar-refractivity contribution in [1.82, 2.24) is 0 Å². The van der Waals surface area contributed by atoms with Crippen molar-refractivity contribution in [2.24, 2.45) is 5.73 Å². The molecule has 0 aliphatic carbocycles. The van der Waals surface area contributed by atoms with Crippen LogP contribution in [0.1, 0.15) is 43.4 Å². The molecular formula is C18H20N2O. The molecule has 2 aliphatic rings. The molecule has 2 aliphatic heterocycles. The second kappa shape index (κ2) is 3.80. The van der Waals surface area contributed by atoms with Crippen LogP contribution in [-0.2, 0) is 11.3 Å². The van der Waals surface area contributed by atoms with Crippen LogP contribution in [0.15, 0.2) is 42.5 Å². The molecule has 3 heteroatoms. The average Bonchev–Trinajstić information content (AvgIpc) is 2.81. The van der Waals surface area contributed by atoms with Gasteiger partial charge in [0.15, 0.2) is 11.3 Å². The Labute approximate surface area is 125 Å². The van der Waals surface area contributed by atoms with E-state index in [4.69, 9.17) is 10.5 Å². The normalized spacial score (nSPS) is 28.6. The summed E-state index contributed by atoms with van der Waals surface area (Å²) in [4.78, 5) is 0. The van der Waals surface area contributed by atoms with E-state index in [2.05, 4.69) is 44.3 Å². The summed E-state index contributed by atoms with van der Waals surface area (Å²) >= 11 is 0. The lowest BCUT2D eigenvalue weighted by atomic mass is 9.83. The number of para-hydroxylation sites is 1. The van der Waals surface area contributed by atoms with Crippen LogP contribution < -0.4 is 15.8 Å². The van der Waals surface area contributed by atoms with Gasteiger partial charge in [0.2, 0.25) is 0 Å². The molecule has 0 saturated heterocycles. The Morgan fingerprint density at radius 1 is 1.10 bits per heavy atom. The highest BCUT2D eigenvalue weighted by Crippen LogP contribution is 2.57. The summed E-state index contributed by atoms with van der Waals surface area (Å²) in [6.07, 6.45) is 0. The van der Waals surface area contributed by atoms with E-state index in [1.807, 2.05) is 24.3 Å². The van der Waals surface area contributed by atoms with Gasteiger partial charge in [0.05, 0.1) is 0 Å². The molecule has 2 atom stereocenters. The lowest BCUT2D eigenvalue weighted by Gasteiger charge is -2.33. The van der Waals surface area contributed by atoms with Crippen LogP contribution in [0.4, 0.5) is 5.69 Å². The maximum absolute atomic E-state index is 6.75. The molecule has 3 nitrogen and oxygen atoms in total. The van der Waals surface area contributed by atoms with E-state index in [0.717, 1.165) is 22.6 Å². The molecule has 0 fully saturated rings. The largest absolute Gasteiger partial charge is 0.478 e. The zero-order valence-electron chi connectivity index (χ0n) is 12.6. The first-order valence-electron chi connectivity index (χ1n) is 7.46. The predicted molar refractivity (Wildman–Crippen MR) is 84.4 cm³/mol. The lowest BCUT2D eigenvalue weighted by Crippen LogP contribution is -2.54. The Balaban J connectivity index is 1.92. The molecule has 0 saturated carbocycles. The van der Waals surface area contributed by atoms with Crippen LogP contribution in [0.2, 0.25) is 0 Å². The van der Waals surface area contributed by atoms with Gasteiger partial charge < -0.3 is 15.8 Å². The molecule has 0 aromatic heterocycles. The smallest absolute Gasteiger partial charge is 0.174 e. The van der Waals surface area contributed by atoms with Crippen molar-refractivity contribution in [1.29, 1.82) is 0 Å². The van der Waals surface area contributed by atoms with E-state index in [-0.39, 0.29) is 0 Å². The van der Waals surface area contributed by atoms with Crippen LogP contribution in [0.25, 0.3) is 0 Å². The monoisotopic (exact) mass is 280 g/mol. The van der Waals surface area contributed by atoms with Gasteiger partial charge in [-0.15, -0.1) is 0 Å². The van der Waals surface area contributed by atoms with Gasteiger partial charge in [0.1, 0.15) is 5.75 Å². The summed E-state index contributed by atoms with van der Waals surface area (Å²) in [7, 11) is 0. The van der Waals surface area contributed by atoms with Gasteiger partial charge in [-0.1, -0.05) is 38.1 Å². The second-order valence-corrected chi connectivity index (χ2v) is 6.52. The van der Waals surface area contributed by atoms with Crippen molar-refractivity contribution in [3.63, 3.8) is 0 Å². The lowest BCUT2D eigenvalue weighted by molar-refractivity contribution is 0.0578. The maximum atomic E-state index is 6.75. The first-order chi connectivity index (χ1) is 9.96. The van der Waals surface area contributed by atoms with Crippen LogP contribution in [0, 0.1) is 0 Å². The zero-order chi connectivity index (χ0) is 14.8. The van der Waals surface area contributed by atoms with E-state index in [1.54, 1.807) is 0 Å². The molecule has 0 spiro atoms. The van der Waals surface area contributed by atoms with E-state index in [9.17, 15) is 0 Å². The van der Waals surface area contributed by atoms with Gasteiger partial charge in [-0.25, -0.2) is 0 Å². The fraction of sp³-hybridized carbons (Fsp3) is 0.333. The second-order valence-electron chi connectivity index (χ2n) is 6.52. The number of rotatable bonds is 1. The molecule has 21 heavy (non-hydrogen) atoms. The van der Waals surface area contributed by atoms with E-state index in [1.165, 1.54) is 5.56 Å². The van der Waals surface area contributed by atoms with Gasteiger partial charge in [-0.3, -0.25) is 0 Å². The number of benzene rings is 2. The summed E-state index contributed by atoms with van der Waals surface area (Å²) in [5.41, 5.74) is 10.0. The number of hydrogen-bond acceptors (Lipinski definition) is 3. The molecule has 3 N–H and O–H groups in total. The highest BCUT2D eigenvalue weighted by molar-refractivity contribution is 5.69. The van der Waals surface area contributed by atoms with Crippen molar-refractivity contribution in [3.05, 3.63) is 59.2 Å². The maximum Gasteiger partial charge on any atom is 0.174 e. The minimum absolute atomic E-state index is 0.482. The van der Waals surface area contributed by atoms with Gasteiger partial charge in [0.25, 0.3) is 0 Å². The van der Waals surface area contributed by atoms with Gasteiger partial charge >= 0.3 is 0 Å². The Morgan fingerprint density at radius 3 is 2.62 bits per heavy atom. The van der Waals surface area contributed by atoms with E-state index in [0.29, 0.717) is 5.92 Å². The first kappa shape index (κ1) is 12.7. The number of nitrogens with two attached hydrogens (primary N) is 1. The van der Waals surface area contributed by atoms with Crippen molar-refractivity contribution in [2.45, 2.75) is 38.0 Å². The van der Waals surface area contributed by atoms with Gasteiger partial charge in [0, 0.05) is 16.8 Å². The minimum atomic E-state index is -0.707. The summed E-state index contributed by atoms with van der Waals surface area (Å²) in [6.45, 7) is 6.48. The molecule has 0 unspecified atom stereocenters. The fourth-order valence-corrected chi connectivity index (χ4v) is 3.53. The summed E-state index contributed by atoms with van der Waals surface area (Å²) < 4.78 is 6.30. The molecule has 2 aromatic carbocycles. The van der Waals surface area contributed by atoms with Crippen LogP contribution in [0.5, 0.6) is 5.75 Å². The van der Waals surface area contributed by atoms with E-state index >= 15 is 0 Å². The third-order valence-corrected chi connectivity index (χ3v) is 4.93. The molecule has 2 aromatic rings. The van der Waals surface area contributed by atoms with E-state index < -0.39 is 11.3 Å². The Kier molecular flexibility index (Phi) is 2.30. The van der Waals surface area contributed by atoms with Crippen molar-refractivity contribution >= 4 is 5.69 Å². The first-order valence-corrected chi connectivity index (χ1v) is 7.46. The number of ether oxygens (including phenoxy) is 1. The summed E-state index contributed by atoms with van der Waals surface area (Å²) in [5.74, 6) is 1.35. The minimum Gasteiger partial charge on any atom is -0.478 e. The Hall–Kier alpha value is -2.00. The number of anilines is 1. The van der Waals surface area contributed by atoms with Crippen LogP contribution in [0.3, 0.4) is 0 Å². The molecule has 4 rings (SSSR count). The molecule has 0 radical (unpaired) electrons. The predicted octanol–water partition coefficient (Wildman–Crippen LogP) is 3.65. The van der Waals surface area contributed by atoms with Crippen LogP contribution in [-0.4, -0.2) is 0 Å². The fourth-order valence-electron chi connectivity index (χ4n) is 3.53. The molecule has 108 valence electrons. The van der Waals surface area contributed by atoms with Crippen molar-refractivity contribution in [3.8, 4) is 5.75 Å². The molecule has 0 amide bonds.